The number of benzene rings is 2. The lowest BCUT2D eigenvalue weighted by molar-refractivity contribution is 0.0711. The zero-order valence-corrected chi connectivity index (χ0v) is 16.0. The van der Waals surface area contributed by atoms with Crippen molar-refractivity contribution >= 4 is 26.7 Å². The highest BCUT2D eigenvalue weighted by Crippen LogP contribution is 2.23. The summed E-state index contributed by atoms with van der Waals surface area (Å²) in [5.74, 6) is -0.474. The average Bonchev–Trinajstić information content (AvgIpc) is 2.65. The van der Waals surface area contributed by atoms with Crippen LogP contribution >= 0.6 is 0 Å². The van der Waals surface area contributed by atoms with Gasteiger partial charge in [0.15, 0.2) is 21.0 Å². The number of hydrogen-bond acceptors (Lipinski definition) is 5. The summed E-state index contributed by atoms with van der Waals surface area (Å²) in [6.07, 6.45) is 1.14. The lowest BCUT2D eigenvalue weighted by Crippen LogP contribution is -2.30. The van der Waals surface area contributed by atoms with Gasteiger partial charge in [0.2, 0.25) is 0 Å². The molecule has 0 aliphatic heterocycles. The molecule has 0 radical (unpaired) electrons. The number of nitrogens with zero attached hydrogens (tertiary/aromatic N) is 1. The van der Waals surface area contributed by atoms with Crippen molar-refractivity contribution in [3.8, 4) is 0 Å². The van der Waals surface area contributed by atoms with Crippen molar-refractivity contribution in [3.05, 3.63) is 76.1 Å². The van der Waals surface area contributed by atoms with Crippen molar-refractivity contribution in [1.82, 2.24) is 4.90 Å². The van der Waals surface area contributed by atoms with E-state index in [2.05, 4.69) is 0 Å². The Morgan fingerprint density at radius 1 is 1.07 bits per heavy atom. The number of fused-ring (bicyclic) bond motifs is 1. The molecule has 1 unspecified atom stereocenters. The molecule has 0 bridgehead atoms. The lowest BCUT2D eigenvalue weighted by Gasteiger charge is -2.25. The number of hydrogen-bond donors (Lipinski definition) is 0. The van der Waals surface area contributed by atoms with E-state index in [-0.39, 0.29) is 22.1 Å². The maximum atomic E-state index is 12.8. The zero-order valence-electron chi connectivity index (χ0n) is 15.2. The monoisotopic (exact) mass is 385 g/mol. The highest BCUT2D eigenvalue weighted by atomic mass is 32.2. The van der Waals surface area contributed by atoms with E-state index in [0.29, 0.717) is 11.0 Å². The molecule has 2 aromatic carbocycles. The number of para-hydroxylation sites is 1. The third kappa shape index (κ3) is 3.78. The second-order valence-corrected chi connectivity index (χ2v) is 8.42. The van der Waals surface area contributed by atoms with Gasteiger partial charge in [0.25, 0.3) is 5.91 Å². The minimum atomic E-state index is -3.28. The summed E-state index contributed by atoms with van der Waals surface area (Å²) in [6, 6.07) is 14.0. The third-order valence-electron chi connectivity index (χ3n) is 4.54. The van der Waals surface area contributed by atoms with Crippen molar-refractivity contribution in [2.75, 3.05) is 13.3 Å². The van der Waals surface area contributed by atoms with Gasteiger partial charge in [-0.25, -0.2) is 8.42 Å². The molecule has 1 amide bonds. The quantitative estimate of drug-likeness (QED) is 0.689. The molecule has 1 atom stereocenters. The molecule has 140 valence electrons. The van der Waals surface area contributed by atoms with Crippen LogP contribution in [-0.2, 0) is 9.84 Å². The normalized spacial score (nSPS) is 12.7. The largest absolute Gasteiger partial charge is 0.451 e. The van der Waals surface area contributed by atoms with E-state index < -0.39 is 15.7 Å². The number of carbonyl (C=O) groups excluding carboxylic acids is 1. The third-order valence-corrected chi connectivity index (χ3v) is 5.67. The fourth-order valence-electron chi connectivity index (χ4n) is 2.78. The Labute approximate surface area is 157 Å². The average molecular weight is 385 g/mol. The van der Waals surface area contributed by atoms with Gasteiger partial charge in [0, 0.05) is 19.4 Å². The molecule has 3 aromatic rings. The van der Waals surface area contributed by atoms with E-state index in [1.54, 1.807) is 43.4 Å². The summed E-state index contributed by atoms with van der Waals surface area (Å²) in [5, 5.41) is 0.418. The minimum Gasteiger partial charge on any atom is -0.451 e. The molecule has 6 nitrogen and oxygen atoms in total. The first-order chi connectivity index (χ1) is 12.7. The smallest absolute Gasteiger partial charge is 0.289 e. The Balaban J connectivity index is 1.90. The second-order valence-electron chi connectivity index (χ2n) is 6.40. The molecule has 0 aliphatic carbocycles. The van der Waals surface area contributed by atoms with Crippen LogP contribution in [0.25, 0.3) is 11.0 Å². The fourth-order valence-corrected chi connectivity index (χ4v) is 3.41. The maximum Gasteiger partial charge on any atom is 0.289 e. The van der Waals surface area contributed by atoms with Gasteiger partial charge in [0.05, 0.1) is 16.3 Å². The van der Waals surface area contributed by atoms with Crippen molar-refractivity contribution in [3.63, 3.8) is 0 Å². The molecule has 0 spiro atoms. The van der Waals surface area contributed by atoms with Crippen LogP contribution in [0, 0.1) is 0 Å². The highest BCUT2D eigenvalue weighted by Gasteiger charge is 2.22. The van der Waals surface area contributed by atoms with E-state index in [4.69, 9.17) is 4.42 Å². The summed E-state index contributed by atoms with van der Waals surface area (Å²) >= 11 is 0. The van der Waals surface area contributed by atoms with Crippen LogP contribution in [0.3, 0.4) is 0 Å². The van der Waals surface area contributed by atoms with Crippen LogP contribution in [0.4, 0.5) is 0 Å². The SMILES string of the molecule is CC(c1ccc(S(C)(=O)=O)cc1)N(C)C(=O)c1cc(=O)c2ccccc2o1. The highest BCUT2D eigenvalue weighted by molar-refractivity contribution is 7.90. The van der Waals surface area contributed by atoms with Crippen LogP contribution < -0.4 is 5.43 Å². The van der Waals surface area contributed by atoms with Gasteiger partial charge in [-0.05, 0) is 36.8 Å². The molecule has 0 saturated carbocycles. The fraction of sp³-hybridized carbons (Fsp3) is 0.200. The molecular weight excluding hydrogens is 366 g/mol. The van der Waals surface area contributed by atoms with Crippen LogP contribution in [0.5, 0.6) is 0 Å². The Morgan fingerprint density at radius 3 is 2.33 bits per heavy atom. The molecular formula is C20H19NO5S. The molecule has 3 rings (SSSR count). The van der Waals surface area contributed by atoms with Gasteiger partial charge in [-0.15, -0.1) is 0 Å². The molecule has 0 aliphatic rings. The summed E-state index contributed by atoms with van der Waals surface area (Å²) in [7, 11) is -1.68. The number of rotatable bonds is 4. The first-order valence-corrected chi connectivity index (χ1v) is 10.2. The van der Waals surface area contributed by atoms with E-state index in [9.17, 15) is 18.0 Å². The zero-order chi connectivity index (χ0) is 19.8. The molecule has 0 N–H and O–H groups in total. The summed E-state index contributed by atoms with van der Waals surface area (Å²) < 4.78 is 28.8. The number of sulfone groups is 1. The Morgan fingerprint density at radius 2 is 1.70 bits per heavy atom. The first-order valence-electron chi connectivity index (χ1n) is 8.28. The van der Waals surface area contributed by atoms with Crippen LogP contribution in [0.15, 0.2) is 68.7 Å². The predicted molar refractivity (Wildman–Crippen MR) is 103 cm³/mol. The molecule has 7 heteroatoms. The van der Waals surface area contributed by atoms with Crippen molar-refractivity contribution in [1.29, 1.82) is 0 Å². The standard InChI is InChI=1S/C20H19NO5S/c1-13(14-8-10-15(11-9-14)27(3,24)25)21(2)20(23)19-12-17(22)16-6-4-5-7-18(16)26-19/h4-13H,1-3H3. The number of carbonyl (C=O) groups is 1. The van der Waals surface area contributed by atoms with E-state index in [1.807, 2.05) is 6.92 Å². The van der Waals surface area contributed by atoms with Gasteiger partial charge < -0.3 is 9.32 Å². The van der Waals surface area contributed by atoms with Gasteiger partial charge in [-0.1, -0.05) is 24.3 Å². The van der Waals surface area contributed by atoms with Crippen LogP contribution in [-0.4, -0.2) is 32.5 Å². The molecule has 1 aromatic heterocycles. The van der Waals surface area contributed by atoms with E-state index >= 15 is 0 Å². The Hall–Kier alpha value is -2.93. The number of amides is 1. The molecule has 1 heterocycles. The second kappa shape index (κ2) is 7.00. The van der Waals surface area contributed by atoms with E-state index in [0.717, 1.165) is 11.8 Å². The summed E-state index contributed by atoms with van der Waals surface area (Å²) in [5.41, 5.74) is 0.840. The molecule has 27 heavy (non-hydrogen) atoms. The van der Waals surface area contributed by atoms with Gasteiger partial charge in [-0.2, -0.15) is 0 Å². The van der Waals surface area contributed by atoms with Gasteiger partial charge >= 0.3 is 0 Å². The van der Waals surface area contributed by atoms with Crippen LogP contribution in [0.2, 0.25) is 0 Å². The van der Waals surface area contributed by atoms with Gasteiger partial charge in [-0.3, -0.25) is 9.59 Å². The van der Waals surface area contributed by atoms with Crippen LogP contribution in [0.1, 0.15) is 29.1 Å². The van der Waals surface area contributed by atoms with E-state index in [1.165, 1.54) is 23.1 Å². The topological polar surface area (TPSA) is 84.7 Å². The molecule has 0 fully saturated rings. The van der Waals surface area contributed by atoms with Crippen molar-refractivity contribution in [2.45, 2.75) is 17.9 Å². The first kappa shape index (κ1) is 18.8. The van der Waals surface area contributed by atoms with Gasteiger partial charge in [0.1, 0.15) is 5.58 Å². The Kier molecular flexibility index (Phi) is 4.89. The van der Waals surface area contributed by atoms with Crippen molar-refractivity contribution in [2.24, 2.45) is 0 Å². The van der Waals surface area contributed by atoms with Crippen molar-refractivity contribution < 1.29 is 17.6 Å². The summed E-state index contributed by atoms with van der Waals surface area (Å²) in [4.78, 5) is 26.7. The predicted octanol–water partition coefficient (Wildman–Crippen LogP) is 3.03. The lowest BCUT2D eigenvalue weighted by atomic mass is 10.1. The Bertz CT molecular complexity index is 1160. The minimum absolute atomic E-state index is 0.0409. The summed E-state index contributed by atoms with van der Waals surface area (Å²) in [6.45, 7) is 1.81. The maximum absolute atomic E-state index is 12.8. The molecule has 0 saturated heterocycles.